The first kappa shape index (κ1) is 17.6. The molecule has 6 nitrogen and oxygen atoms in total. The predicted octanol–water partition coefficient (Wildman–Crippen LogP) is 2.67. The van der Waals surface area contributed by atoms with Crippen LogP contribution in [0.25, 0.3) is 0 Å². The zero-order chi connectivity index (χ0) is 18.0. The Balaban J connectivity index is 2.16. The minimum atomic E-state index is -1.01. The standard InChI is InChI=1S/C16H17F2N3O3/c1-8(2)21-15(19)13(9(3)20-21)16(23)24-7-12(22)14-10(17)5-4-6-11(14)18/h4-6,8H,7,19H2,1-3H3. The molecule has 0 saturated heterocycles. The van der Waals surface area contributed by atoms with Gasteiger partial charge < -0.3 is 10.5 Å². The van der Waals surface area contributed by atoms with Crippen LogP contribution in [0.15, 0.2) is 18.2 Å². The van der Waals surface area contributed by atoms with E-state index in [1.165, 1.54) is 4.68 Å². The summed E-state index contributed by atoms with van der Waals surface area (Å²) in [5.41, 5.74) is 5.50. The Labute approximate surface area is 137 Å². The van der Waals surface area contributed by atoms with Gasteiger partial charge in [-0.05, 0) is 32.9 Å². The van der Waals surface area contributed by atoms with E-state index in [2.05, 4.69) is 5.10 Å². The number of hydrogen-bond donors (Lipinski definition) is 1. The molecule has 8 heteroatoms. The summed E-state index contributed by atoms with van der Waals surface area (Å²) < 4.78 is 33.4. The number of halogens is 2. The summed E-state index contributed by atoms with van der Waals surface area (Å²) in [4.78, 5) is 24.0. The van der Waals surface area contributed by atoms with Gasteiger partial charge >= 0.3 is 5.97 Å². The average Bonchev–Trinajstić information content (AvgIpc) is 2.80. The van der Waals surface area contributed by atoms with Crippen LogP contribution < -0.4 is 5.73 Å². The molecule has 0 atom stereocenters. The fourth-order valence-electron chi connectivity index (χ4n) is 2.25. The molecule has 2 rings (SSSR count). The first-order valence-corrected chi connectivity index (χ1v) is 7.23. The predicted molar refractivity (Wildman–Crippen MR) is 82.7 cm³/mol. The molecule has 1 aromatic carbocycles. The van der Waals surface area contributed by atoms with Gasteiger partial charge in [-0.1, -0.05) is 6.07 Å². The molecular formula is C16H17F2N3O3. The van der Waals surface area contributed by atoms with Crippen molar-refractivity contribution in [2.24, 2.45) is 0 Å². The van der Waals surface area contributed by atoms with Gasteiger partial charge in [0.25, 0.3) is 0 Å². The topological polar surface area (TPSA) is 87.2 Å². The number of hydrogen-bond acceptors (Lipinski definition) is 5. The Morgan fingerprint density at radius 1 is 1.25 bits per heavy atom. The van der Waals surface area contributed by atoms with Crippen molar-refractivity contribution < 1.29 is 23.1 Å². The molecular weight excluding hydrogens is 320 g/mol. The number of ether oxygens (including phenoxy) is 1. The minimum Gasteiger partial charge on any atom is -0.454 e. The summed E-state index contributed by atoms with van der Waals surface area (Å²) in [6.07, 6.45) is 0. The second-order valence-electron chi connectivity index (χ2n) is 5.48. The molecule has 0 saturated carbocycles. The zero-order valence-electron chi connectivity index (χ0n) is 13.5. The van der Waals surface area contributed by atoms with Crippen LogP contribution in [0.3, 0.4) is 0 Å². The Bertz CT molecular complexity index is 780. The number of aryl methyl sites for hydroxylation is 1. The van der Waals surface area contributed by atoms with Crippen LogP contribution in [0.1, 0.15) is 46.3 Å². The van der Waals surface area contributed by atoms with E-state index in [4.69, 9.17) is 10.5 Å². The maximum Gasteiger partial charge on any atom is 0.344 e. The van der Waals surface area contributed by atoms with Gasteiger partial charge in [0.1, 0.15) is 23.0 Å². The Morgan fingerprint density at radius 3 is 2.33 bits per heavy atom. The number of rotatable bonds is 5. The number of benzene rings is 1. The van der Waals surface area contributed by atoms with Crippen LogP contribution in [-0.4, -0.2) is 28.1 Å². The molecule has 0 aliphatic heterocycles. The van der Waals surface area contributed by atoms with E-state index in [1.807, 2.05) is 13.8 Å². The SMILES string of the molecule is Cc1nn(C(C)C)c(N)c1C(=O)OCC(=O)c1c(F)cccc1F. The number of carbonyl (C=O) groups excluding carboxylic acids is 2. The average molecular weight is 337 g/mol. The van der Waals surface area contributed by atoms with Crippen molar-refractivity contribution in [3.05, 3.63) is 46.7 Å². The molecule has 1 heterocycles. The fourth-order valence-corrected chi connectivity index (χ4v) is 2.25. The Kier molecular flexibility index (Phi) is 4.96. The number of nitrogen functional groups attached to an aromatic ring is 1. The summed E-state index contributed by atoms with van der Waals surface area (Å²) in [6, 6.07) is 2.97. The number of anilines is 1. The normalized spacial score (nSPS) is 10.9. The number of esters is 1. The highest BCUT2D eigenvalue weighted by atomic mass is 19.1. The molecule has 0 bridgehead atoms. The minimum absolute atomic E-state index is 0.0329. The van der Waals surface area contributed by atoms with Crippen molar-refractivity contribution in [1.29, 1.82) is 0 Å². The van der Waals surface area contributed by atoms with Gasteiger partial charge in [-0.25, -0.2) is 18.3 Å². The van der Waals surface area contributed by atoms with Gasteiger partial charge in [0.2, 0.25) is 5.78 Å². The Morgan fingerprint density at radius 2 is 1.83 bits per heavy atom. The monoisotopic (exact) mass is 337 g/mol. The number of Topliss-reactive ketones (excluding diaryl/α,β-unsaturated/α-hetero) is 1. The van der Waals surface area contributed by atoms with Crippen molar-refractivity contribution in [3.8, 4) is 0 Å². The molecule has 24 heavy (non-hydrogen) atoms. The Hall–Kier alpha value is -2.77. The van der Waals surface area contributed by atoms with Gasteiger partial charge in [-0.2, -0.15) is 5.10 Å². The van der Waals surface area contributed by atoms with Crippen LogP contribution in [0, 0.1) is 18.6 Å². The van der Waals surface area contributed by atoms with Crippen LogP contribution in [0.2, 0.25) is 0 Å². The van der Waals surface area contributed by atoms with E-state index in [1.54, 1.807) is 6.92 Å². The maximum absolute atomic E-state index is 13.5. The van der Waals surface area contributed by atoms with E-state index in [0.717, 1.165) is 18.2 Å². The van der Waals surface area contributed by atoms with Crippen molar-refractivity contribution >= 4 is 17.6 Å². The quantitative estimate of drug-likeness (QED) is 0.669. The highest BCUT2D eigenvalue weighted by Gasteiger charge is 2.24. The van der Waals surface area contributed by atoms with Crippen LogP contribution in [-0.2, 0) is 4.74 Å². The van der Waals surface area contributed by atoms with Gasteiger partial charge in [0, 0.05) is 6.04 Å². The molecule has 0 aliphatic rings. The lowest BCUT2D eigenvalue weighted by molar-refractivity contribution is 0.0472. The first-order valence-electron chi connectivity index (χ1n) is 7.23. The second-order valence-corrected chi connectivity index (χ2v) is 5.48. The highest BCUT2D eigenvalue weighted by molar-refractivity contribution is 6.01. The van der Waals surface area contributed by atoms with E-state index < -0.39 is 35.6 Å². The first-order chi connectivity index (χ1) is 11.2. The third-order valence-electron chi connectivity index (χ3n) is 3.39. The lowest BCUT2D eigenvalue weighted by atomic mass is 10.1. The molecule has 0 aliphatic carbocycles. The molecule has 128 valence electrons. The van der Waals surface area contributed by atoms with Gasteiger partial charge in [-0.3, -0.25) is 4.79 Å². The van der Waals surface area contributed by atoms with Crippen LogP contribution in [0.4, 0.5) is 14.6 Å². The molecule has 0 amide bonds. The van der Waals surface area contributed by atoms with Crippen LogP contribution >= 0.6 is 0 Å². The lowest BCUT2D eigenvalue weighted by Gasteiger charge is -2.08. The molecule has 0 radical (unpaired) electrons. The molecule has 0 unspecified atom stereocenters. The van der Waals surface area contributed by atoms with Crippen molar-refractivity contribution in [3.63, 3.8) is 0 Å². The number of nitrogens with zero attached hydrogens (tertiary/aromatic N) is 2. The molecule has 2 N–H and O–H groups in total. The van der Waals surface area contributed by atoms with E-state index in [9.17, 15) is 18.4 Å². The van der Waals surface area contributed by atoms with Crippen molar-refractivity contribution in [2.45, 2.75) is 26.8 Å². The highest BCUT2D eigenvalue weighted by Crippen LogP contribution is 2.21. The summed E-state index contributed by atoms with van der Waals surface area (Å²) in [6.45, 7) is 4.44. The lowest BCUT2D eigenvalue weighted by Crippen LogP contribution is -2.18. The summed E-state index contributed by atoms with van der Waals surface area (Å²) in [5.74, 6) is -3.77. The summed E-state index contributed by atoms with van der Waals surface area (Å²) in [7, 11) is 0. The molecule has 1 aromatic heterocycles. The van der Waals surface area contributed by atoms with Crippen LogP contribution in [0.5, 0.6) is 0 Å². The number of aromatic nitrogens is 2. The maximum atomic E-state index is 13.5. The van der Waals surface area contributed by atoms with E-state index >= 15 is 0 Å². The van der Waals surface area contributed by atoms with E-state index in [0.29, 0.717) is 5.69 Å². The zero-order valence-corrected chi connectivity index (χ0v) is 13.5. The summed E-state index contributed by atoms with van der Waals surface area (Å²) in [5, 5.41) is 4.13. The van der Waals surface area contributed by atoms with Crippen molar-refractivity contribution in [1.82, 2.24) is 9.78 Å². The van der Waals surface area contributed by atoms with Gasteiger partial charge in [0.05, 0.1) is 11.3 Å². The van der Waals surface area contributed by atoms with Gasteiger partial charge in [0.15, 0.2) is 6.61 Å². The number of nitrogens with two attached hydrogens (primary N) is 1. The molecule has 0 spiro atoms. The second kappa shape index (κ2) is 6.77. The van der Waals surface area contributed by atoms with E-state index in [-0.39, 0.29) is 17.4 Å². The number of ketones is 1. The number of carbonyl (C=O) groups is 2. The van der Waals surface area contributed by atoms with Gasteiger partial charge in [-0.15, -0.1) is 0 Å². The van der Waals surface area contributed by atoms with Crippen molar-refractivity contribution in [2.75, 3.05) is 12.3 Å². The molecule has 2 aromatic rings. The largest absolute Gasteiger partial charge is 0.454 e. The molecule has 0 fully saturated rings. The fraction of sp³-hybridized carbons (Fsp3) is 0.312. The third kappa shape index (κ3) is 3.27. The summed E-state index contributed by atoms with van der Waals surface area (Å²) >= 11 is 0. The smallest absolute Gasteiger partial charge is 0.344 e. The third-order valence-corrected chi connectivity index (χ3v) is 3.39.